The lowest BCUT2D eigenvalue weighted by Crippen LogP contribution is -1.86. The Morgan fingerprint density at radius 2 is 2.08 bits per heavy atom. The highest BCUT2D eigenvalue weighted by Gasteiger charge is 2.11. The minimum Gasteiger partial charge on any atom is -0.493 e. The highest BCUT2D eigenvalue weighted by Crippen LogP contribution is 2.25. The maximum Gasteiger partial charge on any atom is 0.126 e. The van der Waals surface area contributed by atoms with Crippen molar-refractivity contribution in [2.75, 3.05) is 6.61 Å². The molecular weight excluding hydrogens is 155 g/mol. The molecule has 0 aliphatic carbocycles. The standard InChI is InChI=1S/C8H7FO.C2H6/c9-7-2-1-6-3-4-10-8(6)5-7;1-2/h1-2,5H,3-4H2;1-2H3. The van der Waals surface area contributed by atoms with Crippen LogP contribution >= 0.6 is 0 Å². The predicted octanol–water partition coefficient (Wildman–Crippen LogP) is 2.79. The van der Waals surface area contributed by atoms with Crippen molar-refractivity contribution in [1.82, 2.24) is 0 Å². The number of ether oxygens (including phenoxy) is 1. The van der Waals surface area contributed by atoms with Crippen molar-refractivity contribution < 1.29 is 9.13 Å². The normalized spacial score (nSPS) is 12.6. The van der Waals surface area contributed by atoms with Crippen molar-refractivity contribution in [2.45, 2.75) is 20.3 Å². The Labute approximate surface area is 72.2 Å². The largest absolute Gasteiger partial charge is 0.493 e. The SMILES string of the molecule is CC.Fc1ccc2c(c1)OCC2. The van der Waals surface area contributed by atoms with Gasteiger partial charge in [-0.1, -0.05) is 19.9 Å². The zero-order valence-electron chi connectivity index (χ0n) is 7.43. The molecule has 1 aromatic rings. The lowest BCUT2D eigenvalue weighted by atomic mass is 10.2. The number of benzene rings is 1. The van der Waals surface area contributed by atoms with E-state index >= 15 is 0 Å². The molecule has 0 fully saturated rings. The highest BCUT2D eigenvalue weighted by molar-refractivity contribution is 5.36. The Kier molecular flexibility index (Phi) is 3.09. The van der Waals surface area contributed by atoms with Crippen LogP contribution in [0.4, 0.5) is 4.39 Å². The van der Waals surface area contributed by atoms with Gasteiger partial charge in [-0.3, -0.25) is 0 Å². The van der Waals surface area contributed by atoms with Gasteiger partial charge in [0.1, 0.15) is 11.6 Å². The van der Waals surface area contributed by atoms with Crippen LogP contribution < -0.4 is 4.74 Å². The first-order valence-corrected chi connectivity index (χ1v) is 4.27. The summed E-state index contributed by atoms with van der Waals surface area (Å²) in [4.78, 5) is 0. The van der Waals surface area contributed by atoms with Crippen LogP contribution in [0.15, 0.2) is 18.2 Å². The first kappa shape index (κ1) is 9.04. The molecule has 0 N–H and O–H groups in total. The summed E-state index contributed by atoms with van der Waals surface area (Å²) in [5.74, 6) is 0.487. The van der Waals surface area contributed by atoms with Crippen molar-refractivity contribution in [3.63, 3.8) is 0 Å². The van der Waals surface area contributed by atoms with Crippen LogP contribution in [0, 0.1) is 5.82 Å². The van der Waals surface area contributed by atoms with Crippen molar-refractivity contribution in [1.29, 1.82) is 0 Å². The summed E-state index contributed by atoms with van der Waals surface area (Å²) in [5, 5.41) is 0. The molecule has 0 aromatic heterocycles. The van der Waals surface area contributed by atoms with E-state index < -0.39 is 0 Å². The third-order valence-corrected chi connectivity index (χ3v) is 1.66. The number of halogens is 1. The van der Waals surface area contributed by atoms with Crippen LogP contribution in [0.1, 0.15) is 19.4 Å². The summed E-state index contributed by atoms with van der Waals surface area (Å²) in [6.45, 7) is 4.69. The van der Waals surface area contributed by atoms with Gasteiger partial charge in [-0.05, 0) is 11.6 Å². The first-order valence-electron chi connectivity index (χ1n) is 4.27. The van der Waals surface area contributed by atoms with E-state index in [1.165, 1.54) is 12.1 Å². The van der Waals surface area contributed by atoms with Crippen LogP contribution in [-0.4, -0.2) is 6.61 Å². The molecular formula is C10H13FO. The fourth-order valence-corrected chi connectivity index (χ4v) is 1.14. The van der Waals surface area contributed by atoms with Gasteiger partial charge in [-0.2, -0.15) is 0 Å². The molecule has 0 saturated heterocycles. The van der Waals surface area contributed by atoms with Gasteiger partial charge < -0.3 is 4.74 Å². The molecule has 1 nitrogen and oxygen atoms in total. The molecule has 12 heavy (non-hydrogen) atoms. The summed E-state index contributed by atoms with van der Waals surface area (Å²) in [5.41, 5.74) is 1.11. The number of hydrogen-bond donors (Lipinski definition) is 0. The number of rotatable bonds is 0. The fourth-order valence-electron chi connectivity index (χ4n) is 1.14. The van der Waals surface area contributed by atoms with E-state index in [-0.39, 0.29) is 5.82 Å². The monoisotopic (exact) mass is 168 g/mol. The zero-order valence-corrected chi connectivity index (χ0v) is 7.43. The van der Waals surface area contributed by atoms with E-state index in [0.29, 0.717) is 12.4 Å². The number of hydrogen-bond acceptors (Lipinski definition) is 1. The van der Waals surface area contributed by atoms with E-state index in [1.807, 2.05) is 13.8 Å². The van der Waals surface area contributed by atoms with Crippen LogP contribution in [-0.2, 0) is 6.42 Å². The van der Waals surface area contributed by atoms with Gasteiger partial charge in [-0.25, -0.2) is 4.39 Å². The smallest absolute Gasteiger partial charge is 0.126 e. The third kappa shape index (κ3) is 1.76. The van der Waals surface area contributed by atoms with E-state index in [4.69, 9.17) is 4.74 Å². The Hall–Kier alpha value is -1.05. The second-order valence-corrected chi connectivity index (χ2v) is 2.35. The molecule has 1 aromatic carbocycles. The third-order valence-electron chi connectivity index (χ3n) is 1.66. The minimum absolute atomic E-state index is 0.222. The Balaban J connectivity index is 0.000000336. The van der Waals surface area contributed by atoms with Gasteiger partial charge in [0.25, 0.3) is 0 Å². The van der Waals surface area contributed by atoms with Gasteiger partial charge in [0.2, 0.25) is 0 Å². The topological polar surface area (TPSA) is 9.23 Å². The summed E-state index contributed by atoms with van der Waals surface area (Å²) >= 11 is 0. The lowest BCUT2D eigenvalue weighted by Gasteiger charge is -1.95. The van der Waals surface area contributed by atoms with Gasteiger partial charge in [0, 0.05) is 12.5 Å². The molecule has 0 spiro atoms. The molecule has 0 radical (unpaired) electrons. The van der Waals surface area contributed by atoms with Crippen LogP contribution in [0.5, 0.6) is 5.75 Å². The predicted molar refractivity (Wildman–Crippen MR) is 46.9 cm³/mol. The molecule has 1 heterocycles. The van der Waals surface area contributed by atoms with Gasteiger partial charge in [0.15, 0.2) is 0 Å². The molecule has 1 aliphatic rings. The molecule has 0 bridgehead atoms. The summed E-state index contributed by atoms with van der Waals surface area (Å²) in [6, 6.07) is 4.67. The molecule has 2 heteroatoms. The average Bonchev–Trinajstić information content (AvgIpc) is 2.54. The lowest BCUT2D eigenvalue weighted by molar-refractivity contribution is 0.355. The van der Waals surface area contributed by atoms with Crippen molar-refractivity contribution in [2.24, 2.45) is 0 Å². The van der Waals surface area contributed by atoms with Crippen LogP contribution in [0.25, 0.3) is 0 Å². The molecule has 0 unspecified atom stereocenters. The Morgan fingerprint density at radius 3 is 2.83 bits per heavy atom. The minimum atomic E-state index is -0.222. The highest BCUT2D eigenvalue weighted by atomic mass is 19.1. The van der Waals surface area contributed by atoms with E-state index in [9.17, 15) is 4.39 Å². The summed E-state index contributed by atoms with van der Waals surface area (Å²) in [6.07, 6.45) is 0.912. The van der Waals surface area contributed by atoms with Crippen molar-refractivity contribution in [3.05, 3.63) is 29.6 Å². The van der Waals surface area contributed by atoms with E-state index in [0.717, 1.165) is 12.0 Å². The van der Waals surface area contributed by atoms with E-state index in [2.05, 4.69) is 0 Å². The van der Waals surface area contributed by atoms with Crippen LogP contribution in [0.2, 0.25) is 0 Å². The molecule has 2 rings (SSSR count). The molecule has 0 saturated carbocycles. The second-order valence-electron chi connectivity index (χ2n) is 2.35. The zero-order chi connectivity index (χ0) is 8.97. The molecule has 0 atom stereocenters. The van der Waals surface area contributed by atoms with Gasteiger partial charge in [-0.15, -0.1) is 0 Å². The molecule has 1 aliphatic heterocycles. The van der Waals surface area contributed by atoms with Gasteiger partial charge in [0.05, 0.1) is 6.61 Å². The van der Waals surface area contributed by atoms with Gasteiger partial charge >= 0.3 is 0 Å². The Bertz CT molecular complexity index is 258. The molecule has 0 amide bonds. The van der Waals surface area contributed by atoms with Crippen molar-refractivity contribution >= 4 is 0 Å². The second kappa shape index (κ2) is 4.10. The van der Waals surface area contributed by atoms with Crippen LogP contribution in [0.3, 0.4) is 0 Å². The van der Waals surface area contributed by atoms with E-state index in [1.54, 1.807) is 6.07 Å². The quantitative estimate of drug-likeness (QED) is 0.578. The first-order chi connectivity index (χ1) is 5.86. The maximum absolute atomic E-state index is 12.5. The average molecular weight is 168 g/mol. The maximum atomic E-state index is 12.5. The molecule has 66 valence electrons. The summed E-state index contributed by atoms with van der Waals surface area (Å²) < 4.78 is 17.6. The van der Waals surface area contributed by atoms with Crippen molar-refractivity contribution in [3.8, 4) is 5.75 Å². The Morgan fingerprint density at radius 1 is 1.33 bits per heavy atom. The number of fused-ring (bicyclic) bond motifs is 1. The summed E-state index contributed by atoms with van der Waals surface area (Å²) in [7, 11) is 0. The fraction of sp³-hybridized carbons (Fsp3) is 0.400.